The number of hydrogen-bond donors (Lipinski definition) is 1. The lowest BCUT2D eigenvalue weighted by Gasteiger charge is -2.40. The Morgan fingerprint density at radius 3 is 2.67 bits per heavy atom. The van der Waals surface area contributed by atoms with E-state index in [4.69, 9.17) is 0 Å². The van der Waals surface area contributed by atoms with E-state index in [-0.39, 0.29) is 17.2 Å². The fourth-order valence-electron chi connectivity index (χ4n) is 4.71. The van der Waals surface area contributed by atoms with Crippen molar-refractivity contribution in [2.75, 3.05) is 24.5 Å². The fourth-order valence-corrected chi connectivity index (χ4v) is 4.71. The van der Waals surface area contributed by atoms with Gasteiger partial charge in [0.2, 0.25) is 5.91 Å². The molecule has 1 spiro atoms. The molecule has 0 bridgehead atoms. The molecule has 3 heterocycles. The van der Waals surface area contributed by atoms with Gasteiger partial charge in [-0.2, -0.15) is 0 Å². The van der Waals surface area contributed by atoms with Gasteiger partial charge in [-0.3, -0.25) is 4.79 Å². The number of carbonyl (C=O) groups excluding carboxylic acids is 1. The van der Waals surface area contributed by atoms with Crippen molar-refractivity contribution < 1.29 is 14.7 Å². The van der Waals surface area contributed by atoms with Crippen molar-refractivity contribution in [3.63, 3.8) is 0 Å². The third kappa shape index (κ3) is 3.51. The molecule has 0 radical (unpaired) electrons. The first-order valence-corrected chi connectivity index (χ1v) is 10.1. The van der Waals surface area contributed by atoms with Gasteiger partial charge in [0, 0.05) is 37.3 Å². The summed E-state index contributed by atoms with van der Waals surface area (Å²) in [5.74, 6) is 0.284. The van der Waals surface area contributed by atoms with Crippen molar-refractivity contribution in [1.29, 1.82) is 0 Å². The highest BCUT2D eigenvalue weighted by Gasteiger charge is 2.51. The highest BCUT2D eigenvalue weighted by atomic mass is 16.4. The van der Waals surface area contributed by atoms with Crippen molar-refractivity contribution >= 4 is 17.7 Å². The molecule has 3 aliphatic rings. The third-order valence-electron chi connectivity index (χ3n) is 6.41. The molecule has 3 fully saturated rings. The zero-order chi connectivity index (χ0) is 19.0. The van der Waals surface area contributed by atoms with Gasteiger partial charge in [-0.1, -0.05) is 13.3 Å². The van der Waals surface area contributed by atoms with Crippen molar-refractivity contribution in [1.82, 2.24) is 14.9 Å². The number of aryl methyl sites for hydroxylation is 1. The highest BCUT2D eigenvalue weighted by molar-refractivity contribution is 5.87. The fraction of sp³-hybridized carbons (Fsp3) is 0.700. The quantitative estimate of drug-likeness (QED) is 0.852. The van der Waals surface area contributed by atoms with Crippen LogP contribution >= 0.6 is 0 Å². The van der Waals surface area contributed by atoms with Crippen molar-refractivity contribution in [3.8, 4) is 0 Å². The number of carbonyl (C=O) groups is 2. The molecule has 1 amide bonds. The Morgan fingerprint density at radius 2 is 2.04 bits per heavy atom. The van der Waals surface area contributed by atoms with E-state index in [2.05, 4.69) is 21.8 Å². The van der Waals surface area contributed by atoms with E-state index in [1.165, 1.54) is 5.56 Å². The number of carboxylic acids is 1. The molecule has 0 unspecified atom stereocenters. The summed E-state index contributed by atoms with van der Waals surface area (Å²) in [7, 11) is 0. The summed E-state index contributed by atoms with van der Waals surface area (Å²) in [5.41, 5.74) is 1.11. The Labute approximate surface area is 159 Å². The van der Waals surface area contributed by atoms with Gasteiger partial charge in [-0.25, -0.2) is 14.8 Å². The summed E-state index contributed by atoms with van der Waals surface area (Å²) >= 11 is 0. The number of nitrogens with zero attached hydrogens (tertiary/aromatic N) is 4. The molecule has 1 aromatic heterocycles. The molecular weight excluding hydrogens is 344 g/mol. The van der Waals surface area contributed by atoms with Gasteiger partial charge in [0.25, 0.3) is 0 Å². The maximum absolute atomic E-state index is 12.6. The average molecular weight is 372 g/mol. The average Bonchev–Trinajstić information content (AvgIpc) is 3.45. The first-order valence-electron chi connectivity index (χ1n) is 10.1. The summed E-state index contributed by atoms with van der Waals surface area (Å²) in [4.78, 5) is 37.0. The SMILES string of the molecule is CCCc1cncnc1N1CCC2(CC1)C[C@@H](C(=O)O)N(C(=O)C1CC1)C2. The number of carboxylic acid groups (broad SMARTS) is 1. The molecule has 1 N–H and O–H groups in total. The topological polar surface area (TPSA) is 86.6 Å². The number of anilines is 1. The predicted molar refractivity (Wildman–Crippen MR) is 100 cm³/mol. The van der Waals surface area contributed by atoms with Crippen LogP contribution < -0.4 is 4.90 Å². The first kappa shape index (κ1) is 18.2. The van der Waals surface area contributed by atoms with Crippen LogP contribution in [-0.2, 0) is 16.0 Å². The van der Waals surface area contributed by atoms with Crippen LogP contribution in [0.1, 0.15) is 51.0 Å². The maximum Gasteiger partial charge on any atom is 0.326 e. The zero-order valence-electron chi connectivity index (χ0n) is 15.9. The zero-order valence-corrected chi connectivity index (χ0v) is 15.9. The number of likely N-dealkylation sites (tertiary alicyclic amines) is 1. The van der Waals surface area contributed by atoms with E-state index in [1.54, 1.807) is 11.2 Å². The lowest BCUT2D eigenvalue weighted by atomic mass is 9.76. The molecule has 1 aromatic rings. The number of aliphatic carboxylic acids is 1. The minimum atomic E-state index is -0.857. The second kappa shape index (κ2) is 7.09. The van der Waals surface area contributed by atoms with E-state index >= 15 is 0 Å². The molecule has 4 rings (SSSR count). The van der Waals surface area contributed by atoms with Gasteiger partial charge in [0.15, 0.2) is 0 Å². The Kier molecular flexibility index (Phi) is 4.78. The summed E-state index contributed by atoms with van der Waals surface area (Å²) in [5, 5.41) is 9.65. The van der Waals surface area contributed by atoms with Crippen LogP contribution in [0.15, 0.2) is 12.5 Å². The molecule has 1 saturated carbocycles. The lowest BCUT2D eigenvalue weighted by molar-refractivity contribution is -0.148. The lowest BCUT2D eigenvalue weighted by Crippen LogP contribution is -2.44. The third-order valence-corrected chi connectivity index (χ3v) is 6.41. The number of piperidine rings is 1. The van der Waals surface area contributed by atoms with Crippen LogP contribution in [0.25, 0.3) is 0 Å². The summed E-state index contributed by atoms with van der Waals surface area (Å²) < 4.78 is 0. The summed E-state index contributed by atoms with van der Waals surface area (Å²) in [6, 6.07) is -0.653. The number of rotatable bonds is 5. The van der Waals surface area contributed by atoms with Crippen LogP contribution in [0, 0.1) is 11.3 Å². The molecule has 27 heavy (non-hydrogen) atoms. The molecule has 2 saturated heterocycles. The van der Waals surface area contributed by atoms with Gasteiger partial charge in [-0.15, -0.1) is 0 Å². The Balaban J connectivity index is 1.47. The van der Waals surface area contributed by atoms with Gasteiger partial charge in [0.05, 0.1) is 0 Å². The van der Waals surface area contributed by atoms with Crippen molar-refractivity contribution in [2.45, 2.75) is 57.9 Å². The highest BCUT2D eigenvalue weighted by Crippen LogP contribution is 2.46. The second-order valence-electron chi connectivity index (χ2n) is 8.41. The number of aromatic nitrogens is 2. The smallest absolute Gasteiger partial charge is 0.326 e. The molecule has 1 atom stereocenters. The standard InChI is InChI=1S/C20H28N4O3/c1-2-3-15-11-21-13-22-17(15)23-8-6-20(7-9-23)10-16(19(26)27)24(12-20)18(25)14-4-5-14/h11,13-14,16H,2-10,12H2,1H3,(H,26,27)/t16-/m0/s1. The van der Waals surface area contributed by atoms with Gasteiger partial charge in [0.1, 0.15) is 18.2 Å². The summed E-state index contributed by atoms with van der Waals surface area (Å²) in [6.45, 7) is 4.45. The minimum Gasteiger partial charge on any atom is -0.480 e. The molecule has 146 valence electrons. The van der Waals surface area contributed by atoms with E-state index in [0.717, 1.165) is 57.4 Å². The van der Waals surface area contributed by atoms with Crippen LogP contribution in [0.4, 0.5) is 5.82 Å². The molecule has 7 heteroatoms. The van der Waals surface area contributed by atoms with Crippen LogP contribution in [-0.4, -0.2) is 57.5 Å². The first-order chi connectivity index (χ1) is 13.0. The van der Waals surface area contributed by atoms with E-state index in [1.807, 2.05) is 6.20 Å². The second-order valence-corrected chi connectivity index (χ2v) is 8.41. The number of amides is 1. The summed E-state index contributed by atoms with van der Waals surface area (Å²) in [6.07, 6.45) is 9.74. The van der Waals surface area contributed by atoms with Gasteiger partial charge in [-0.05, 0) is 43.9 Å². The molecule has 7 nitrogen and oxygen atoms in total. The molecule has 2 aliphatic heterocycles. The Hall–Kier alpha value is -2.18. The molecular formula is C20H28N4O3. The molecule has 0 aromatic carbocycles. The van der Waals surface area contributed by atoms with Crippen molar-refractivity contribution in [3.05, 3.63) is 18.1 Å². The van der Waals surface area contributed by atoms with Gasteiger partial charge >= 0.3 is 5.97 Å². The molecule has 1 aliphatic carbocycles. The van der Waals surface area contributed by atoms with Crippen LogP contribution in [0.2, 0.25) is 0 Å². The Morgan fingerprint density at radius 1 is 1.30 bits per heavy atom. The van der Waals surface area contributed by atoms with Crippen LogP contribution in [0.5, 0.6) is 0 Å². The number of hydrogen-bond acceptors (Lipinski definition) is 5. The largest absolute Gasteiger partial charge is 0.480 e. The monoisotopic (exact) mass is 372 g/mol. The Bertz CT molecular complexity index is 726. The van der Waals surface area contributed by atoms with Crippen molar-refractivity contribution in [2.24, 2.45) is 11.3 Å². The van der Waals surface area contributed by atoms with Gasteiger partial charge < -0.3 is 14.9 Å². The van der Waals surface area contributed by atoms with Crippen LogP contribution in [0.3, 0.4) is 0 Å². The minimum absolute atomic E-state index is 0.0581. The van der Waals surface area contributed by atoms with E-state index < -0.39 is 12.0 Å². The maximum atomic E-state index is 12.6. The normalized spacial score (nSPS) is 24.4. The van der Waals surface area contributed by atoms with E-state index in [9.17, 15) is 14.7 Å². The predicted octanol–water partition coefficient (Wildman–Crippen LogP) is 2.11. The van der Waals surface area contributed by atoms with E-state index in [0.29, 0.717) is 13.0 Å².